The third-order valence-corrected chi connectivity index (χ3v) is 7.33. The zero-order valence-electron chi connectivity index (χ0n) is 18.7. The smallest absolute Gasteiger partial charge is 0.343 e. The van der Waals surface area contributed by atoms with Gasteiger partial charge in [0.2, 0.25) is 0 Å². The summed E-state index contributed by atoms with van der Waals surface area (Å²) in [7, 11) is 0. The molecule has 6 rings (SSSR count). The van der Waals surface area contributed by atoms with Crippen LogP contribution < -0.4 is 11.3 Å². The van der Waals surface area contributed by atoms with E-state index in [2.05, 4.69) is 4.98 Å². The molecule has 0 amide bonds. The molecule has 4 heterocycles. The molecule has 2 aromatic heterocycles. The highest BCUT2D eigenvalue weighted by Crippen LogP contribution is 2.45. The number of nitrogens with zero attached hydrogens (tertiary/aromatic N) is 2. The number of halogens is 1. The highest BCUT2D eigenvalue weighted by atomic mass is 19.1. The van der Waals surface area contributed by atoms with Gasteiger partial charge in [0.05, 0.1) is 30.4 Å². The van der Waals surface area contributed by atoms with Crippen LogP contribution in [0.15, 0.2) is 16.9 Å². The van der Waals surface area contributed by atoms with E-state index >= 15 is 0 Å². The fourth-order valence-corrected chi connectivity index (χ4v) is 5.50. The molecule has 32 heavy (non-hydrogen) atoms. The normalized spacial score (nSPS) is 23.5. The second-order valence-electron chi connectivity index (χ2n) is 8.87. The highest BCUT2D eigenvalue weighted by molar-refractivity contribution is 5.93. The number of hydrogen-bond acceptors (Lipinski definition) is 6. The molecule has 0 bridgehead atoms. The standard InChI is InChI=1S/C24H22FN3O4/c1-3-24(31)14-6-18-21-12(8-28(18)22(29)13(14)9-32-23(24)30)19-16(26)5-4-11-10(2)15(25)7-17(27-21)20(11)19/h6-7,16,31H,3-5,8-9,26H2,1-2H3/t16-,24-/m0/s1/i7D. The third-order valence-electron chi connectivity index (χ3n) is 7.33. The molecule has 2 aliphatic heterocycles. The molecule has 7 nitrogen and oxygen atoms in total. The van der Waals surface area contributed by atoms with Crippen molar-refractivity contribution >= 4 is 16.9 Å². The first-order chi connectivity index (χ1) is 15.7. The number of aliphatic hydroxyl groups is 1. The first kappa shape index (κ1) is 18.5. The van der Waals surface area contributed by atoms with Gasteiger partial charge in [-0.1, -0.05) is 6.92 Å². The number of ether oxygens (including phenoxy) is 1. The first-order valence-electron chi connectivity index (χ1n) is 11.3. The summed E-state index contributed by atoms with van der Waals surface area (Å²) in [6, 6.07) is 0.983. The van der Waals surface area contributed by atoms with Crippen LogP contribution in [0.4, 0.5) is 4.39 Å². The predicted octanol–water partition coefficient (Wildman–Crippen LogP) is 2.47. The number of fused-ring (bicyclic) bond motifs is 5. The second-order valence-corrected chi connectivity index (χ2v) is 8.87. The predicted molar refractivity (Wildman–Crippen MR) is 114 cm³/mol. The number of pyridine rings is 2. The van der Waals surface area contributed by atoms with Gasteiger partial charge in [-0.25, -0.2) is 14.2 Å². The minimum Gasteiger partial charge on any atom is -0.458 e. The van der Waals surface area contributed by atoms with E-state index in [-0.39, 0.29) is 53.9 Å². The first-order valence-corrected chi connectivity index (χ1v) is 10.8. The van der Waals surface area contributed by atoms with E-state index in [1.54, 1.807) is 19.9 Å². The topological polar surface area (TPSA) is 107 Å². The minimum absolute atomic E-state index is 0.0422. The molecule has 0 fully saturated rings. The van der Waals surface area contributed by atoms with Crippen LogP contribution >= 0.6 is 0 Å². The Morgan fingerprint density at radius 3 is 2.94 bits per heavy atom. The fourth-order valence-electron chi connectivity index (χ4n) is 5.50. The van der Waals surface area contributed by atoms with Crippen LogP contribution in [-0.2, 0) is 34.7 Å². The Morgan fingerprint density at radius 2 is 2.19 bits per heavy atom. The zero-order valence-corrected chi connectivity index (χ0v) is 17.7. The van der Waals surface area contributed by atoms with Gasteiger partial charge in [0.15, 0.2) is 5.60 Å². The van der Waals surface area contributed by atoms with E-state index < -0.39 is 17.4 Å². The molecule has 164 valence electrons. The Balaban J connectivity index is 1.73. The summed E-state index contributed by atoms with van der Waals surface area (Å²) in [5, 5.41) is 11.7. The third kappa shape index (κ3) is 2.23. The van der Waals surface area contributed by atoms with E-state index in [9.17, 15) is 19.1 Å². The van der Waals surface area contributed by atoms with Crippen LogP contribution in [0.5, 0.6) is 0 Å². The largest absolute Gasteiger partial charge is 0.458 e. The average Bonchev–Trinajstić information content (AvgIpc) is 3.18. The van der Waals surface area contributed by atoms with Gasteiger partial charge in [-0.3, -0.25) is 4.79 Å². The van der Waals surface area contributed by atoms with E-state index in [1.807, 2.05) is 0 Å². The van der Waals surface area contributed by atoms with Gasteiger partial charge in [0, 0.05) is 28.6 Å². The summed E-state index contributed by atoms with van der Waals surface area (Å²) in [4.78, 5) is 30.5. The lowest BCUT2D eigenvalue weighted by atomic mass is 9.82. The monoisotopic (exact) mass is 436 g/mol. The van der Waals surface area contributed by atoms with Gasteiger partial charge in [-0.15, -0.1) is 0 Å². The van der Waals surface area contributed by atoms with E-state index in [1.165, 1.54) is 4.57 Å². The molecule has 0 saturated heterocycles. The summed E-state index contributed by atoms with van der Waals surface area (Å²) in [6.45, 7) is 3.33. The van der Waals surface area contributed by atoms with Crippen LogP contribution in [0.1, 0.15) is 60.6 Å². The quantitative estimate of drug-likeness (QED) is 0.444. The second kappa shape index (κ2) is 6.24. The molecule has 8 heteroatoms. The number of hydrogen-bond donors (Lipinski definition) is 2. The summed E-state index contributed by atoms with van der Waals surface area (Å²) in [5.41, 5.74) is 8.59. The Kier molecular flexibility index (Phi) is 3.60. The molecular weight excluding hydrogens is 413 g/mol. The summed E-state index contributed by atoms with van der Waals surface area (Å²) in [6.07, 6.45) is 1.26. The van der Waals surface area contributed by atoms with Crippen LogP contribution in [0.25, 0.3) is 22.3 Å². The summed E-state index contributed by atoms with van der Waals surface area (Å²) >= 11 is 0. The zero-order chi connectivity index (χ0) is 23.4. The molecule has 0 unspecified atom stereocenters. The van der Waals surface area contributed by atoms with Crippen molar-refractivity contribution in [1.29, 1.82) is 0 Å². The van der Waals surface area contributed by atoms with E-state index in [0.717, 1.165) is 16.7 Å². The van der Waals surface area contributed by atoms with Crippen LogP contribution in [-0.4, -0.2) is 20.6 Å². The van der Waals surface area contributed by atoms with Crippen molar-refractivity contribution in [3.63, 3.8) is 0 Å². The number of carbonyl (C=O) groups excluding carboxylic acids is 1. The number of esters is 1. The van der Waals surface area contributed by atoms with Crippen molar-refractivity contribution in [2.24, 2.45) is 5.73 Å². The molecule has 1 aliphatic carbocycles. The van der Waals surface area contributed by atoms with Gasteiger partial charge >= 0.3 is 5.97 Å². The minimum atomic E-state index is -1.93. The Bertz CT molecular complexity index is 1500. The van der Waals surface area contributed by atoms with Crippen molar-refractivity contribution in [1.82, 2.24) is 9.55 Å². The fraction of sp³-hybridized carbons (Fsp3) is 0.375. The molecule has 2 atom stereocenters. The maximum atomic E-state index is 14.9. The number of nitrogens with two attached hydrogens (primary N) is 1. The van der Waals surface area contributed by atoms with Gasteiger partial charge in [0.25, 0.3) is 5.56 Å². The van der Waals surface area contributed by atoms with Gasteiger partial charge < -0.3 is 20.1 Å². The molecule has 3 N–H and O–H groups in total. The van der Waals surface area contributed by atoms with Crippen LogP contribution in [0.2, 0.25) is 0 Å². The van der Waals surface area contributed by atoms with Crippen molar-refractivity contribution in [3.8, 4) is 11.4 Å². The van der Waals surface area contributed by atoms with E-state index in [4.69, 9.17) is 11.8 Å². The molecule has 0 spiro atoms. The lowest BCUT2D eigenvalue weighted by molar-refractivity contribution is -0.172. The maximum absolute atomic E-state index is 14.9. The Labute approximate surface area is 184 Å². The van der Waals surface area contributed by atoms with Gasteiger partial charge in [-0.05, 0) is 48.9 Å². The molecule has 3 aromatic rings. The number of cyclic esters (lactones) is 1. The lowest BCUT2D eigenvalue weighted by Crippen LogP contribution is -2.44. The Morgan fingerprint density at radius 1 is 1.41 bits per heavy atom. The number of aromatic nitrogens is 2. The Hall–Kier alpha value is -3.10. The number of rotatable bonds is 1. The summed E-state index contributed by atoms with van der Waals surface area (Å²) < 4.78 is 29.9. The average molecular weight is 436 g/mol. The van der Waals surface area contributed by atoms with Crippen molar-refractivity contribution in [2.75, 3.05) is 0 Å². The molecular formula is C24H22FN3O4. The molecule has 1 aromatic carbocycles. The van der Waals surface area contributed by atoms with Crippen molar-refractivity contribution in [3.05, 3.63) is 61.7 Å². The molecule has 0 saturated carbocycles. The maximum Gasteiger partial charge on any atom is 0.343 e. The highest BCUT2D eigenvalue weighted by Gasteiger charge is 2.45. The molecule has 0 radical (unpaired) electrons. The number of benzene rings is 1. The van der Waals surface area contributed by atoms with Crippen molar-refractivity contribution < 1.29 is 20.4 Å². The SMILES string of the molecule is [2H]c1c(F)c(C)c2c3c(c4c(nc13)-c1cc3c(c(=O)n1C4)COC(=O)[C@]3(O)CC)[C@@H](N)CC2. The number of aryl methyl sites for hydroxylation is 1. The lowest BCUT2D eigenvalue weighted by Gasteiger charge is -2.31. The van der Waals surface area contributed by atoms with Crippen molar-refractivity contribution in [2.45, 2.75) is 57.9 Å². The van der Waals surface area contributed by atoms with E-state index in [0.29, 0.717) is 35.2 Å². The number of carbonyl (C=O) groups is 1. The van der Waals surface area contributed by atoms with Crippen LogP contribution in [0.3, 0.4) is 0 Å². The van der Waals surface area contributed by atoms with Crippen LogP contribution in [0, 0.1) is 12.7 Å². The van der Waals surface area contributed by atoms with Gasteiger partial charge in [-0.2, -0.15) is 0 Å². The molecule has 3 aliphatic rings. The summed E-state index contributed by atoms with van der Waals surface area (Å²) in [5.74, 6) is -1.39. The van der Waals surface area contributed by atoms with Gasteiger partial charge in [0.1, 0.15) is 12.4 Å².